The summed E-state index contributed by atoms with van der Waals surface area (Å²) in [7, 11) is 0. The van der Waals surface area contributed by atoms with Gasteiger partial charge in [0.05, 0.1) is 6.26 Å². The fraction of sp³-hybridized carbons (Fsp3) is 0.300. The molecule has 1 aromatic rings. The van der Waals surface area contributed by atoms with Gasteiger partial charge in [-0.25, -0.2) is 4.57 Å². The Morgan fingerprint density at radius 1 is 1.46 bits per heavy atom. The van der Waals surface area contributed by atoms with Crippen molar-refractivity contribution in [2.24, 2.45) is 0 Å². The summed E-state index contributed by atoms with van der Waals surface area (Å²) in [4.78, 5) is 0. The molecule has 0 spiro atoms. The molecule has 3 heteroatoms. The zero-order valence-electron chi connectivity index (χ0n) is 7.74. The van der Waals surface area contributed by atoms with Crippen molar-refractivity contribution in [1.82, 2.24) is 0 Å². The van der Waals surface area contributed by atoms with E-state index in [9.17, 15) is 0 Å². The average molecular weight is 200 g/mol. The van der Waals surface area contributed by atoms with E-state index < -0.39 is 0 Å². The van der Waals surface area contributed by atoms with E-state index in [1.54, 1.807) is 0 Å². The highest BCUT2D eigenvalue weighted by molar-refractivity contribution is 5.03. The van der Waals surface area contributed by atoms with Crippen molar-refractivity contribution in [2.75, 3.05) is 6.61 Å². The van der Waals surface area contributed by atoms with Crippen molar-refractivity contribution >= 4 is 0 Å². The molecule has 72 valence electrons. The lowest BCUT2D eigenvalue weighted by atomic mass is 10.3. The molecule has 0 aromatic carbocycles. The van der Waals surface area contributed by atoms with Gasteiger partial charge in [0, 0.05) is 12.1 Å². The maximum Gasteiger partial charge on any atom is 0.182 e. The van der Waals surface area contributed by atoms with E-state index in [-0.39, 0.29) is 12.4 Å². The summed E-state index contributed by atoms with van der Waals surface area (Å²) in [6.45, 7) is 7.09. The molecular weight excluding hydrogens is 186 g/mol. The molecule has 2 nitrogen and oxygen atoms in total. The maximum absolute atomic E-state index is 5.01. The van der Waals surface area contributed by atoms with Crippen LogP contribution in [0.1, 0.15) is 5.56 Å². The van der Waals surface area contributed by atoms with Crippen molar-refractivity contribution in [3.8, 4) is 0 Å². The highest BCUT2D eigenvalue weighted by Crippen LogP contribution is 1.89. The molecule has 0 amide bonds. The largest absolute Gasteiger partial charge is 1.00 e. The SMILES string of the molecule is C=COCC[n+]1ccc(C)cc1.[Cl-]. The van der Waals surface area contributed by atoms with Crippen LogP contribution in [0.4, 0.5) is 0 Å². The van der Waals surface area contributed by atoms with Crippen molar-refractivity contribution in [2.45, 2.75) is 13.5 Å². The van der Waals surface area contributed by atoms with Crippen LogP contribution < -0.4 is 17.0 Å². The van der Waals surface area contributed by atoms with Gasteiger partial charge >= 0.3 is 0 Å². The summed E-state index contributed by atoms with van der Waals surface area (Å²) in [6, 6.07) is 4.15. The Morgan fingerprint density at radius 2 is 2.08 bits per heavy atom. The number of hydrogen-bond acceptors (Lipinski definition) is 1. The van der Waals surface area contributed by atoms with Crippen LogP contribution in [-0.2, 0) is 11.3 Å². The second-order valence-electron chi connectivity index (χ2n) is 2.65. The van der Waals surface area contributed by atoms with E-state index in [2.05, 4.69) is 30.2 Å². The quantitative estimate of drug-likeness (QED) is 0.325. The third kappa shape index (κ3) is 4.53. The number of aromatic nitrogens is 1. The van der Waals surface area contributed by atoms with Gasteiger partial charge in [-0.2, -0.15) is 0 Å². The van der Waals surface area contributed by atoms with Gasteiger partial charge in [0.1, 0.15) is 6.61 Å². The molecule has 1 heterocycles. The monoisotopic (exact) mass is 199 g/mol. The Hall–Kier alpha value is -1.02. The molecule has 0 aliphatic carbocycles. The highest BCUT2D eigenvalue weighted by atomic mass is 35.5. The summed E-state index contributed by atoms with van der Waals surface area (Å²) >= 11 is 0. The van der Waals surface area contributed by atoms with Crippen molar-refractivity contribution in [3.05, 3.63) is 42.9 Å². The van der Waals surface area contributed by atoms with Crippen molar-refractivity contribution in [3.63, 3.8) is 0 Å². The molecule has 0 atom stereocenters. The second-order valence-corrected chi connectivity index (χ2v) is 2.65. The summed E-state index contributed by atoms with van der Waals surface area (Å²) < 4.78 is 7.09. The van der Waals surface area contributed by atoms with Gasteiger partial charge in [0.25, 0.3) is 0 Å². The lowest BCUT2D eigenvalue weighted by molar-refractivity contribution is -0.698. The number of pyridine rings is 1. The number of rotatable bonds is 4. The van der Waals surface area contributed by atoms with Gasteiger partial charge in [0.2, 0.25) is 0 Å². The van der Waals surface area contributed by atoms with Crippen LogP contribution in [-0.4, -0.2) is 6.61 Å². The van der Waals surface area contributed by atoms with E-state index in [0.717, 1.165) is 6.54 Å². The summed E-state index contributed by atoms with van der Waals surface area (Å²) in [6.07, 6.45) is 5.55. The summed E-state index contributed by atoms with van der Waals surface area (Å²) in [5.74, 6) is 0. The molecule has 0 radical (unpaired) electrons. The first-order valence-corrected chi connectivity index (χ1v) is 4.01. The van der Waals surface area contributed by atoms with Crippen LogP contribution in [0.25, 0.3) is 0 Å². The maximum atomic E-state index is 5.01. The minimum atomic E-state index is 0. The van der Waals surface area contributed by atoms with Crippen LogP contribution >= 0.6 is 0 Å². The first-order chi connectivity index (χ1) is 5.83. The molecule has 0 unspecified atom stereocenters. The smallest absolute Gasteiger partial charge is 0.182 e. The van der Waals surface area contributed by atoms with Crippen LogP contribution in [0.5, 0.6) is 0 Å². The Kier molecular flexibility index (Phi) is 5.98. The number of aryl methyl sites for hydroxylation is 1. The summed E-state index contributed by atoms with van der Waals surface area (Å²) in [5.41, 5.74) is 1.27. The topological polar surface area (TPSA) is 13.1 Å². The molecular formula is C10H14ClNO. The molecule has 13 heavy (non-hydrogen) atoms. The summed E-state index contributed by atoms with van der Waals surface area (Å²) in [5, 5.41) is 0. The Balaban J connectivity index is 0.00000144. The predicted octanol–water partition coefficient (Wildman–Crippen LogP) is -1.55. The number of ether oxygens (including phenoxy) is 1. The number of hydrogen-bond donors (Lipinski definition) is 0. The minimum Gasteiger partial charge on any atom is -1.00 e. The zero-order chi connectivity index (χ0) is 8.81. The molecule has 0 N–H and O–H groups in total. The van der Waals surface area contributed by atoms with Crippen molar-refractivity contribution < 1.29 is 21.7 Å². The Bertz CT molecular complexity index is 246. The standard InChI is InChI=1S/C10H14NO.ClH/c1-3-12-9-8-11-6-4-10(2)5-7-11;/h3-7H,1,8-9H2,2H3;1H/q+1;/p-1. The van der Waals surface area contributed by atoms with E-state index in [1.807, 2.05) is 12.4 Å². The third-order valence-corrected chi connectivity index (χ3v) is 1.64. The first-order valence-electron chi connectivity index (χ1n) is 4.01. The predicted molar refractivity (Wildman–Crippen MR) is 47.5 cm³/mol. The molecule has 1 rings (SSSR count). The third-order valence-electron chi connectivity index (χ3n) is 1.64. The van der Waals surface area contributed by atoms with Crippen LogP contribution in [0, 0.1) is 6.92 Å². The van der Waals surface area contributed by atoms with Gasteiger partial charge in [-0.05, 0) is 12.5 Å². The van der Waals surface area contributed by atoms with Gasteiger partial charge in [-0.15, -0.1) is 0 Å². The Morgan fingerprint density at radius 3 is 2.62 bits per heavy atom. The van der Waals surface area contributed by atoms with Gasteiger partial charge in [-0.1, -0.05) is 6.58 Å². The van der Waals surface area contributed by atoms with E-state index in [1.165, 1.54) is 11.8 Å². The van der Waals surface area contributed by atoms with Gasteiger partial charge in [-0.3, -0.25) is 0 Å². The molecule has 0 saturated carbocycles. The fourth-order valence-electron chi connectivity index (χ4n) is 0.922. The second kappa shape index (κ2) is 6.49. The molecule has 0 aliphatic rings. The van der Waals surface area contributed by atoms with Crippen LogP contribution in [0.15, 0.2) is 37.4 Å². The van der Waals surface area contributed by atoms with Gasteiger partial charge < -0.3 is 17.1 Å². The fourth-order valence-corrected chi connectivity index (χ4v) is 0.922. The molecule has 0 saturated heterocycles. The Labute approximate surface area is 85.3 Å². The lowest BCUT2D eigenvalue weighted by Crippen LogP contribution is -3.00. The molecule has 0 fully saturated rings. The van der Waals surface area contributed by atoms with Crippen LogP contribution in [0.3, 0.4) is 0 Å². The van der Waals surface area contributed by atoms with Gasteiger partial charge in [0.15, 0.2) is 18.9 Å². The van der Waals surface area contributed by atoms with E-state index in [0.29, 0.717) is 6.61 Å². The van der Waals surface area contributed by atoms with Crippen LogP contribution in [0.2, 0.25) is 0 Å². The molecule has 0 bridgehead atoms. The lowest BCUT2D eigenvalue weighted by Gasteiger charge is -1.96. The average Bonchev–Trinajstić information content (AvgIpc) is 2.09. The van der Waals surface area contributed by atoms with E-state index >= 15 is 0 Å². The van der Waals surface area contributed by atoms with E-state index in [4.69, 9.17) is 4.74 Å². The highest BCUT2D eigenvalue weighted by Gasteiger charge is 1.96. The van der Waals surface area contributed by atoms with Crippen molar-refractivity contribution in [1.29, 1.82) is 0 Å². The zero-order valence-corrected chi connectivity index (χ0v) is 8.50. The molecule has 1 aromatic heterocycles. The first kappa shape index (κ1) is 12.0. The molecule has 0 aliphatic heterocycles. The number of nitrogens with zero attached hydrogens (tertiary/aromatic N) is 1. The minimum absolute atomic E-state index is 0. The normalized spacial score (nSPS) is 8.69. The number of halogens is 1.